The van der Waals surface area contributed by atoms with E-state index < -0.39 is 0 Å². The minimum atomic E-state index is -0.324. The molecule has 0 aliphatic carbocycles. The number of fused-ring (bicyclic) bond motifs is 1. The van der Waals surface area contributed by atoms with Crippen LogP contribution in [0.25, 0.3) is 28.2 Å². The Balaban J connectivity index is 1.99. The van der Waals surface area contributed by atoms with Crippen LogP contribution in [0.3, 0.4) is 0 Å². The number of nitrogens with one attached hydrogen (secondary N) is 2. The molecule has 0 aliphatic rings. The number of hydrogen-bond donors (Lipinski definition) is 2. The fourth-order valence-electron chi connectivity index (χ4n) is 2.96. The Labute approximate surface area is 148 Å². The molecule has 1 aromatic carbocycles. The van der Waals surface area contributed by atoms with Crippen LogP contribution in [0.4, 0.5) is 0 Å². The van der Waals surface area contributed by atoms with Gasteiger partial charge >= 0.3 is 0 Å². The number of aryl methyl sites for hydroxylation is 2. The maximum atomic E-state index is 13.0. The number of nitrogens with zero attached hydrogens (tertiary/aromatic N) is 4. The fourth-order valence-corrected chi connectivity index (χ4v) is 2.96. The van der Waals surface area contributed by atoms with Gasteiger partial charge in [-0.1, -0.05) is 30.3 Å². The molecule has 130 valence electrons. The van der Waals surface area contributed by atoms with Gasteiger partial charge in [0.1, 0.15) is 5.56 Å². The van der Waals surface area contributed by atoms with Gasteiger partial charge in [-0.15, -0.1) is 10.2 Å². The zero-order chi connectivity index (χ0) is 18.4. The number of benzene rings is 1. The predicted molar refractivity (Wildman–Crippen MR) is 96.5 cm³/mol. The number of aromatic nitrogens is 5. The summed E-state index contributed by atoms with van der Waals surface area (Å²) in [5.74, 6) is 0.140. The monoisotopic (exact) mass is 348 g/mol. The van der Waals surface area contributed by atoms with E-state index in [4.69, 9.17) is 9.83 Å². The van der Waals surface area contributed by atoms with Gasteiger partial charge in [0, 0.05) is 11.3 Å². The quantitative estimate of drug-likeness (QED) is 0.553. The molecule has 0 atom stereocenters. The average molecular weight is 348 g/mol. The van der Waals surface area contributed by atoms with Crippen molar-refractivity contribution >= 4 is 11.4 Å². The van der Waals surface area contributed by atoms with Crippen molar-refractivity contribution in [1.29, 1.82) is 5.41 Å². The molecule has 0 saturated carbocycles. The molecule has 4 aromatic rings. The third-order valence-corrected chi connectivity index (χ3v) is 4.16. The average Bonchev–Trinajstić information content (AvgIpc) is 3.21. The third-order valence-electron chi connectivity index (χ3n) is 4.16. The van der Waals surface area contributed by atoms with Gasteiger partial charge in [-0.05, 0) is 26.3 Å². The lowest BCUT2D eigenvalue weighted by atomic mass is 10.1. The SMILES string of the molecule is CC(=N)c1nnc(-c2c(C)nc3c(-c4ccccc4)c(C)[nH]n3c2=O)o1. The van der Waals surface area contributed by atoms with Crippen molar-refractivity contribution in [3.05, 3.63) is 58.0 Å². The van der Waals surface area contributed by atoms with Crippen LogP contribution in [0.2, 0.25) is 0 Å². The second-order valence-corrected chi connectivity index (χ2v) is 6.05. The Kier molecular flexibility index (Phi) is 3.54. The summed E-state index contributed by atoms with van der Waals surface area (Å²) < 4.78 is 6.84. The van der Waals surface area contributed by atoms with Crippen molar-refractivity contribution in [3.63, 3.8) is 0 Å². The molecule has 0 radical (unpaired) electrons. The van der Waals surface area contributed by atoms with E-state index in [0.29, 0.717) is 11.3 Å². The minimum Gasteiger partial charge on any atom is -0.415 e. The van der Waals surface area contributed by atoms with Crippen molar-refractivity contribution in [2.45, 2.75) is 20.8 Å². The molecule has 3 aromatic heterocycles. The highest BCUT2D eigenvalue weighted by atomic mass is 16.4. The lowest BCUT2D eigenvalue weighted by molar-refractivity contribution is 0.555. The standard InChI is InChI=1S/C18H16N6O2/c1-9(19)16-21-22-17(26-16)14-10(2)20-15-13(12-7-5-4-6-8-12)11(3)23-24(15)18(14)25/h4-8,19,23H,1-3H3. The van der Waals surface area contributed by atoms with Gasteiger partial charge in [-0.2, -0.15) is 0 Å². The second-order valence-electron chi connectivity index (χ2n) is 6.05. The molecule has 0 bridgehead atoms. The summed E-state index contributed by atoms with van der Waals surface area (Å²) in [6, 6.07) is 9.77. The Morgan fingerprint density at radius 2 is 1.88 bits per heavy atom. The van der Waals surface area contributed by atoms with Gasteiger partial charge in [0.25, 0.3) is 17.3 Å². The van der Waals surface area contributed by atoms with Crippen LogP contribution in [-0.2, 0) is 0 Å². The van der Waals surface area contributed by atoms with E-state index in [2.05, 4.69) is 20.3 Å². The molecule has 0 aliphatic heterocycles. The molecule has 4 rings (SSSR count). The minimum absolute atomic E-state index is 0.0597. The lowest BCUT2D eigenvalue weighted by Crippen LogP contribution is -2.19. The summed E-state index contributed by atoms with van der Waals surface area (Å²) in [5, 5.41) is 18.3. The Bertz CT molecular complexity index is 1200. The molecular weight excluding hydrogens is 332 g/mol. The smallest absolute Gasteiger partial charge is 0.285 e. The van der Waals surface area contributed by atoms with Crippen molar-refractivity contribution < 1.29 is 4.42 Å². The lowest BCUT2D eigenvalue weighted by Gasteiger charge is -2.03. The van der Waals surface area contributed by atoms with Crippen LogP contribution >= 0.6 is 0 Å². The van der Waals surface area contributed by atoms with Crippen LogP contribution in [0.15, 0.2) is 39.5 Å². The molecule has 26 heavy (non-hydrogen) atoms. The van der Waals surface area contributed by atoms with Gasteiger partial charge in [0.05, 0.1) is 11.4 Å². The molecule has 8 nitrogen and oxygen atoms in total. The molecule has 0 amide bonds. The summed E-state index contributed by atoms with van der Waals surface area (Å²) in [4.78, 5) is 17.7. The van der Waals surface area contributed by atoms with E-state index in [1.165, 1.54) is 4.52 Å². The maximum absolute atomic E-state index is 13.0. The van der Waals surface area contributed by atoms with Crippen LogP contribution in [0.1, 0.15) is 24.2 Å². The summed E-state index contributed by atoms with van der Waals surface area (Å²) in [5.41, 5.74) is 3.75. The predicted octanol–water partition coefficient (Wildman–Crippen LogP) is 2.74. The molecule has 0 unspecified atom stereocenters. The van der Waals surface area contributed by atoms with Crippen molar-refractivity contribution in [3.8, 4) is 22.6 Å². The number of rotatable bonds is 3. The van der Waals surface area contributed by atoms with E-state index in [9.17, 15) is 4.79 Å². The first-order chi connectivity index (χ1) is 12.5. The topological polar surface area (TPSA) is 113 Å². The normalized spacial score (nSPS) is 11.2. The van der Waals surface area contributed by atoms with Gasteiger partial charge < -0.3 is 4.42 Å². The van der Waals surface area contributed by atoms with Crippen LogP contribution in [0.5, 0.6) is 0 Å². The zero-order valence-corrected chi connectivity index (χ0v) is 14.5. The molecule has 8 heteroatoms. The van der Waals surface area contributed by atoms with Crippen molar-refractivity contribution in [2.24, 2.45) is 0 Å². The number of H-pyrrole nitrogens is 1. The highest BCUT2D eigenvalue weighted by molar-refractivity contribution is 5.91. The summed E-state index contributed by atoms with van der Waals surface area (Å²) in [6.07, 6.45) is 0. The fraction of sp³-hybridized carbons (Fsp3) is 0.167. The first-order valence-corrected chi connectivity index (χ1v) is 8.04. The van der Waals surface area contributed by atoms with Crippen LogP contribution in [0, 0.1) is 19.3 Å². The van der Waals surface area contributed by atoms with E-state index in [0.717, 1.165) is 16.8 Å². The second kappa shape index (κ2) is 5.76. The summed E-state index contributed by atoms with van der Waals surface area (Å²) in [7, 11) is 0. The van der Waals surface area contributed by atoms with Crippen LogP contribution < -0.4 is 5.56 Å². The highest BCUT2D eigenvalue weighted by Gasteiger charge is 2.22. The summed E-state index contributed by atoms with van der Waals surface area (Å²) in [6.45, 7) is 5.17. The first-order valence-electron chi connectivity index (χ1n) is 8.04. The third kappa shape index (κ3) is 2.34. The van der Waals surface area contributed by atoms with E-state index in [1.54, 1.807) is 13.8 Å². The molecule has 0 spiro atoms. The van der Waals surface area contributed by atoms with Gasteiger partial charge in [-0.3, -0.25) is 15.3 Å². The van der Waals surface area contributed by atoms with Gasteiger partial charge in [-0.25, -0.2) is 9.50 Å². The Morgan fingerprint density at radius 3 is 2.54 bits per heavy atom. The maximum Gasteiger partial charge on any atom is 0.285 e. The largest absolute Gasteiger partial charge is 0.415 e. The molecule has 2 N–H and O–H groups in total. The van der Waals surface area contributed by atoms with Crippen molar-refractivity contribution in [2.75, 3.05) is 0 Å². The van der Waals surface area contributed by atoms with Crippen LogP contribution in [-0.4, -0.2) is 30.5 Å². The number of hydrogen-bond acceptors (Lipinski definition) is 6. The molecule has 0 saturated heterocycles. The Morgan fingerprint density at radius 1 is 1.15 bits per heavy atom. The molecule has 0 fully saturated rings. The van der Waals surface area contributed by atoms with E-state index in [-0.39, 0.29) is 28.6 Å². The molecule has 3 heterocycles. The van der Waals surface area contributed by atoms with Crippen molar-refractivity contribution in [1.82, 2.24) is 24.8 Å². The number of aromatic amines is 1. The van der Waals surface area contributed by atoms with E-state index in [1.807, 2.05) is 37.3 Å². The van der Waals surface area contributed by atoms with Gasteiger partial charge in [0.15, 0.2) is 5.65 Å². The summed E-state index contributed by atoms with van der Waals surface area (Å²) >= 11 is 0. The molecular formula is C18H16N6O2. The first kappa shape index (κ1) is 15.9. The Hall–Kier alpha value is -3.55. The zero-order valence-electron chi connectivity index (χ0n) is 14.5. The highest BCUT2D eigenvalue weighted by Crippen LogP contribution is 2.27. The van der Waals surface area contributed by atoms with Gasteiger partial charge in [0.2, 0.25) is 0 Å². The van der Waals surface area contributed by atoms with E-state index >= 15 is 0 Å².